The van der Waals surface area contributed by atoms with Gasteiger partial charge in [0.25, 0.3) is 0 Å². The third kappa shape index (κ3) is 1.86. The highest BCUT2D eigenvalue weighted by Crippen LogP contribution is 2.22. The Morgan fingerprint density at radius 3 is 2.75 bits per heavy atom. The summed E-state index contributed by atoms with van der Waals surface area (Å²) in [7, 11) is 0. The number of nitrogens with two attached hydrogens (primary N) is 1. The first-order chi connectivity index (χ1) is 7.68. The molecule has 0 saturated heterocycles. The summed E-state index contributed by atoms with van der Waals surface area (Å²) in [6.45, 7) is 0. The third-order valence-electron chi connectivity index (χ3n) is 2.16. The first kappa shape index (κ1) is 10.2. The van der Waals surface area contributed by atoms with E-state index in [1.807, 2.05) is 0 Å². The van der Waals surface area contributed by atoms with Crippen LogP contribution in [0.4, 0.5) is 5.69 Å². The van der Waals surface area contributed by atoms with Crippen molar-refractivity contribution in [3.63, 3.8) is 0 Å². The molecule has 4 heteroatoms. The second-order valence-electron chi connectivity index (χ2n) is 3.32. The second kappa shape index (κ2) is 4.02. The minimum Gasteiger partial charge on any atom is -0.507 e. The Kier molecular flexibility index (Phi) is 2.55. The van der Waals surface area contributed by atoms with Crippen molar-refractivity contribution in [3.8, 4) is 5.75 Å². The smallest absolute Gasteiger partial charge is 0.215 e. The van der Waals surface area contributed by atoms with Crippen LogP contribution >= 0.6 is 0 Å². The maximum absolute atomic E-state index is 11.9. The van der Waals surface area contributed by atoms with Crippen LogP contribution in [-0.4, -0.2) is 15.9 Å². The second-order valence-corrected chi connectivity index (χ2v) is 3.32. The van der Waals surface area contributed by atoms with E-state index in [1.54, 1.807) is 18.2 Å². The molecule has 0 radical (unpaired) electrons. The lowest BCUT2D eigenvalue weighted by Crippen LogP contribution is -2.04. The molecule has 4 nitrogen and oxygen atoms in total. The topological polar surface area (TPSA) is 76.2 Å². The number of aromatic hydroxyl groups is 1. The van der Waals surface area contributed by atoms with Crippen molar-refractivity contribution in [3.05, 3.63) is 53.9 Å². The molecule has 1 heterocycles. The summed E-state index contributed by atoms with van der Waals surface area (Å²) in [6, 6.07) is 9.38. The van der Waals surface area contributed by atoms with Crippen molar-refractivity contribution < 1.29 is 9.90 Å². The van der Waals surface area contributed by atoms with Crippen LogP contribution in [0.1, 0.15) is 16.1 Å². The number of aromatic nitrogens is 1. The summed E-state index contributed by atoms with van der Waals surface area (Å²) < 4.78 is 0. The zero-order chi connectivity index (χ0) is 11.5. The molecule has 0 aliphatic carbocycles. The van der Waals surface area contributed by atoms with Gasteiger partial charge in [-0.3, -0.25) is 9.78 Å². The predicted molar refractivity (Wildman–Crippen MR) is 60.2 cm³/mol. The summed E-state index contributed by atoms with van der Waals surface area (Å²) in [5, 5.41) is 9.56. The van der Waals surface area contributed by atoms with Crippen LogP contribution in [-0.2, 0) is 0 Å². The molecule has 0 bridgehead atoms. The monoisotopic (exact) mass is 214 g/mol. The van der Waals surface area contributed by atoms with Gasteiger partial charge in [0.15, 0.2) is 0 Å². The van der Waals surface area contributed by atoms with Crippen molar-refractivity contribution in [2.45, 2.75) is 0 Å². The SMILES string of the molecule is Nc1ccc(O)c(C(=O)c2ccccn2)c1. The normalized spacial score (nSPS) is 10.0. The molecule has 16 heavy (non-hydrogen) atoms. The summed E-state index contributed by atoms with van der Waals surface area (Å²) in [5.41, 5.74) is 6.43. The van der Waals surface area contributed by atoms with E-state index >= 15 is 0 Å². The zero-order valence-electron chi connectivity index (χ0n) is 8.42. The fourth-order valence-corrected chi connectivity index (χ4v) is 1.37. The van der Waals surface area contributed by atoms with Gasteiger partial charge in [-0.05, 0) is 30.3 Å². The van der Waals surface area contributed by atoms with Crippen LogP contribution in [0.5, 0.6) is 5.75 Å². The molecule has 3 N–H and O–H groups in total. The number of carbonyl (C=O) groups is 1. The maximum atomic E-state index is 11.9. The number of benzene rings is 1. The lowest BCUT2D eigenvalue weighted by Gasteiger charge is -2.04. The number of pyridine rings is 1. The minimum absolute atomic E-state index is 0.0927. The van der Waals surface area contributed by atoms with Crippen LogP contribution in [0.2, 0.25) is 0 Å². The standard InChI is InChI=1S/C12H10N2O2/c13-8-4-5-11(15)9(7-8)12(16)10-3-1-2-6-14-10/h1-7,15H,13H2. The zero-order valence-corrected chi connectivity index (χ0v) is 8.42. The Morgan fingerprint density at radius 2 is 2.06 bits per heavy atom. The molecule has 1 aromatic heterocycles. The Morgan fingerprint density at radius 1 is 1.25 bits per heavy atom. The molecule has 0 spiro atoms. The maximum Gasteiger partial charge on any atom is 0.215 e. The van der Waals surface area contributed by atoms with Crippen molar-refractivity contribution in [2.24, 2.45) is 0 Å². The number of anilines is 1. The molecule has 0 aliphatic rings. The number of rotatable bonds is 2. The van der Waals surface area contributed by atoms with Crippen molar-refractivity contribution >= 4 is 11.5 Å². The van der Waals surface area contributed by atoms with Crippen molar-refractivity contribution in [2.75, 3.05) is 5.73 Å². The van der Waals surface area contributed by atoms with E-state index < -0.39 is 0 Å². The molecule has 0 saturated carbocycles. The molecule has 0 unspecified atom stereocenters. The Hall–Kier alpha value is -2.36. The van der Waals surface area contributed by atoms with Gasteiger partial charge in [-0.2, -0.15) is 0 Å². The molecular weight excluding hydrogens is 204 g/mol. The molecule has 0 fully saturated rings. The highest BCUT2D eigenvalue weighted by molar-refractivity contribution is 6.09. The number of hydrogen-bond acceptors (Lipinski definition) is 4. The fraction of sp³-hybridized carbons (Fsp3) is 0. The van der Waals surface area contributed by atoms with Crippen LogP contribution < -0.4 is 5.73 Å². The Bertz CT molecular complexity index is 524. The summed E-state index contributed by atoms with van der Waals surface area (Å²) in [5.74, 6) is -0.435. The van der Waals surface area contributed by atoms with Crippen molar-refractivity contribution in [1.29, 1.82) is 0 Å². The minimum atomic E-state index is -0.342. The van der Waals surface area contributed by atoms with E-state index in [1.165, 1.54) is 24.4 Å². The van der Waals surface area contributed by atoms with Gasteiger partial charge in [-0.1, -0.05) is 6.07 Å². The lowest BCUT2D eigenvalue weighted by molar-refractivity contribution is 0.103. The number of phenols is 1. The number of carbonyl (C=O) groups excluding carboxylic acids is 1. The summed E-state index contributed by atoms with van der Waals surface area (Å²) in [4.78, 5) is 15.9. The van der Waals surface area contributed by atoms with E-state index in [2.05, 4.69) is 4.98 Å². The number of nitrogen functional groups attached to an aromatic ring is 1. The number of phenolic OH excluding ortho intramolecular Hbond substituents is 1. The first-order valence-electron chi connectivity index (χ1n) is 4.72. The number of hydrogen-bond donors (Lipinski definition) is 2. The first-order valence-corrected chi connectivity index (χ1v) is 4.72. The van der Waals surface area contributed by atoms with E-state index in [0.29, 0.717) is 5.69 Å². The molecule has 2 aromatic rings. The van der Waals surface area contributed by atoms with E-state index in [9.17, 15) is 9.90 Å². The molecule has 1 aromatic carbocycles. The van der Waals surface area contributed by atoms with E-state index in [4.69, 9.17) is 5.73 Å². The van der Waals surface area contributed by atoms with Gasteiger partial charge in [-0.15, -0.1) is 0 Å². The average molecular weight is 214 g/mol. The lowest BCUT2D eigenvalue weighted by atomic mass is 10.1. The van der Waals surface area contributed by atoms with Crippen LogP contribution in [0.25, 0.3) is 0 Å². The number of ketones is 1. The fourth-order valence-electron chi connectivity index (χ4n) is 1.37. The molecule has 2 rings (SSSR count). The van der Waals surface area contributed by atoms with Gasteiger partial charge in [-0.25, -0.2) is 0 Å². The highest BCUT2D eigenvalue weighted by Gasteiger charge is 2.14. The van der Waals surface area contributed by atoms with Crippen LogP contribution in [0.3, 0.4) is 0 Å². The van der Waals surface area contributed by atoms with E-state index in [-0.39, 0.29) is 22.8 Å². The van der Waals surface area contributed by atoms with Gasteiger partial charge >= 0.3 is 0 Å². The van der Waals surface area contributed by atoms with Gasteiger partial charge in [0.2, 0.25) is 5.78 Å². The van der Waals surface area contributed by atoms with Crippen LogP contribution in [0.15, 0.2) is 42.6 Å². The van der Waals surface area contributed by atoms with Gasteiger partial charge in [0, 0.05) is 11.9 Å². The van der Waals surface area contributed by atoms with Crippen LogP contribution in [0, 0.1) is 0 Å². The molecular formula is C12H10N2O2. The largest absolute Gasteiger partial charge is 0.507 e. The molecule has 0 atom stereocenters. The summed E-state index contributed by atoms with van der Waals surface area (Å²) >= 11 is 0. The Labute approximate surface area is 92.4 Å². The molecule has 0 aliphatic heterocycles. The number of nitrogens with zero attached hydrogens (tertiary/aromatic N) is 1. The van der Waals surface area contributed by atoms with Gasteiger partial charge < -0.3 is 10.8 Å². The summed E-state index contributed by atoms with van der Waals surface area (Å²) in [6.07, 6.45) is 1.52. The van der Waals surface area contributed by atoms with E-state index in [0.717, 1.165) is 0 Å². The van der Waals surface area contributed by atoms with Gasteiger partial charge in [0.1, 0.15) is 11.4 Å². The third-order valence-corrected chi connectivity index (χ3v) is 2.16. The molecule has 80 valence electrons. The van der Waals surface area contributed by atoms with Crippen molar-refractivity contribution in [1.82, 2.24) is 4.98 Å². The Balaban J connectivity index is 2.46. The molecule has 0 amide bonds. The predicted octanol–water partition coefficient (Wildman–Crippen LogP) is 1.60. The highest BCUT2D eigenvalue weighted by atomic mass is 16.3. The van der Waals surface area contributed by atoms with Gasteiger partial charge in [0.05, 0.1) is 5.56 Å². The quantitative estimate of drug-likeness (QED) is 0.452. The average Bonchev–Trinajstić information content (AvgIpc) is 2.32.